The first-order chi connectivity index (χ1) is 8.84. The fourth-order valence-corrected chi connectivity index (χ4v) is 2.83. The Balaban J connectivity index is 1.99. The number of nitrogens with one attached hydrogen (secondary N) is 1. The monoisotopic (exact) mass is 261 g/mol. The maximum atomic E-state index is 6.03. The van der Waals surface area contributed by atoms with Gasteiger partial charge in [0.15, 0.2) is 0 Å². The average Bonchev–Trinajstić information content (AvgIpc) is 2.26. The van der Waals surface area contributed by atoms with Crippen LogP contribution in [0.25, 0.3) is 0 Å². The summed E-state index contributed by atoms with van der Waals surface area (Å²) in [6, 6.07) is 9.58. The molecule has 0 saturated heterocycles. The Morgan fingerprint density at radius 2 is 1.47 bits per heavy atom. The van der Waals surface area contributed by atoms with Crippen molar-refractivity contribution in [3.63, 3.8) is 0 Å². The van der Waals surface area contributed by atoms with E-state index in [1.165, 1.54) is 11.3 Å². The summed E-state index contributed by atoms with van der Waals surface area (Å²) in [7, 11) is 0. The second kappa shape index (κ2) is 5.51. The van der Waals surface area contributed by atoms with E-state index in [4.69, 9.17) is 11.5 Å². The van der Waals surface area contributed by atoms with E-state index in [9.17, 15) is 0 Å². The van der Waals surface area contributed by atoms with Crippen LogP contribution in [0.3, 0.4) is 0 Å². The molecule has 1 fully saturated rings. The van der Waals surface area contributed by atoms with Crippen LogP contribution in [0, 0.1) is 0 Å². The van der Waals surface area contributed by atoms with E-state index in [-0.39, 0.29) is 17.5 Å². The van der Waals surface area contributed by atoms with Crippen LogP contribution in [0.4, 0.5) is 5.69 Å². The van der Waals surface area contributed by atoms with Crippen LogP contribution in [-0.2, 0) is 5.41 Å². The molecule has 1 aromatic rings. The molecule has 3 heteroatoms. The predicted molar refractivity (Wildman–Crippen MR) is 82.4 cm³/mol. The molecular weight excluding hydrogens is 234 g/mol. The van der Waals surface area contributed by atoms with Crippen LogP contribution >= 0.6 is 0 Å². The third kappa shape index (κ3) is 3.95. The highest BCUT2D eigenvalue weighted by Gasteiger charge is 2.24. The Hall–Kier alpha value is -1.06. The molecule has 0 heterocycles. The molecule has 0 aromatic heterocycles. The molecule has 3 nitrogen and oxygen atoms in total. The van der Waals surface area contributed by atoms with Gasteiger partial charge in [-0.15, -0.1) is 0 Å². The van der Waals surface area contributed by atoms with Crippen LogP contribution < -0.4 is 16.8 Å². The molecule has 1 aromatic carbocycles. The molecule has 0 bridgehead atoms. The molecule has 0 amide bonds. The van der Waals surface area contributed by atoms with Crippen molar-refractivity contribution in [1.29, 1.82) is 0 Å². The molecule has 5 N–H and O–H groups in total. The number of benzene rings is 1. The second-order valence-corrected chi connectivity index (χ2v) is 6.90. The summed E-state index contributed by atoms with van der Waals surface area (Å²) < 4.78 is 0. The lowest BCUT2D eigenvalue weighted by Gasteiger charge is -2.32. The number of hydrogen-bond acceptors (Lipinski definition) is 3. The Labute approximate surface area is 116 Å². The number of hydrogen-bond donors (Lipinski definition) is 3. The van der Waals surface area contributed by atoms with E-state index < -0.39 is 0 Å². The maximum absolute atomic E-state index is 6.03. The van der Waals surface area contributed by atoms with E-state index in [0.29, 0.717) is 6.04 Å². The molecule has 19 heavy (non-hydrogen) atoms. The van der Waals surface area contributed by atoms with Gasteiger partial charge in [-0.05, 0) is 42.4 Å². The first kappa shape index (κ1) is 14.4. The Morgan fingerprint density at radius 1 is 0.947 bits per heavy atom. The normalized spacial score (nSPS) is 28.2. The first-order valence-electron chi connectivity index (χ1n) is 7.23. The maximum Gasteiger partial charge on any atom is 0.0342 e. The summed E-state index contributed by atoms with van der Waals surface area (Å²) in [5.74, 6) is 0. The van der Waals surface area contributed by atoms with Crippen LogP contribution in [0.2, 0.25) is 0 Å². The quantitative estimate of drug-likeness (QED) is 0.767. The molecule has 1 saturated carbocycles. The van der Waals surface area contributed by atoms with Crippen molar-refractivity contribution in [2.75, 3.05) is 5.32 Å². The summed E-state index contributed by atoms with van der Waals surface area (Å²) in [4.78, 5) is 0. The van der Waals surface area contributed by atoms with Gasteiger partial charge in [0.2, 0.25) is 0 Å². The summed E-state index contributed by atoms with van der Waals surface area (Å²) in [5.41, 5.74) is 14.8. The van der Waals surface area contributed by atoms with Gasteiger partial charge >= 0.3 is 0 Å². The largest absolute Gasteiger partial charge is 0.382 e. The molecule has 2 rings (SSSR count). The highest BCUT2D eigenvalue weighted by molar-refractivity contribution is 5.46. The van der Waals surface area contributed by atoms with Crippen LogP contribution in [0.1, 0.15) is 45.6 Å². The lowest BCUT2D eigenvalue weighted by molar-refractivity contribution is 0.366. The highest BCUT2D eigenvalue weighted by atomic mass is 14.9. The molecule has 1 aliphatic carbocycles. The van der Waals surface area contributed by atoms with Crippen molar-refractivity contribution in [1.82, 2.24) is 0 Å². The number of anilines is 1. The van der Waals surface area contributed by atoms with Crippen molar-refractivity contribution in [2.45, 2.75) is 63.6 Å². The van der Waals surface area contributed by atoms with Crippen LogP contribution in [0.5, 0.6) is 0 Å². The van der Waals surface area contributed by atoms with E-state index >= 15 is 0 Å². The van der Waals surface area contributed by atoms with Gasteiger partial charge in [0.05, 0.1) is 0 Å². The zero-order valence-corrected chi connectivity index (χ0v) is 12.3. The van der Waals surface area contributed by atoms with Crippen LogP contribution in [0.15, 0.2) is 24.3 Å². The topological polar surface area (TPSA) is 64.1 Å². The van der Waals surface area contributed by atoms with Gasteiger partial charge in [-0.25, -0.2) is 0 Å². The van der Waals surface area contributed by atoms with Gasteiger partial charge in [0.25, 0.3) is 0 Å². The number of nitrogens with two attached hydrogens (primary N) is 2. The predicted octanol–water partition coefficient (Wildman–Crippen LogP) is 2.60. The molecule has 3 atom stereocenters. The van der Waals surface area contributed by atoms with Gasteiger partial charge in [-0.2, -0.15) is 0 Å². The minimum atomic E-state index is 0.202. The minimum absolute atomic E-state index is 0.202. The Morgan fingerprint density at radius 3 is 1.95 bits per heavy atom. The number of rotatable bonds is 2. The van der Waals surface area contributed by atoms with E-state index in [1.54, 1.807) is 0 Å². The molecule has 1 unspecified atom stereocenters. The third-order valence-electron chi connectivity index (χ3n) is 3.90. The highest BCUT2D eigenvalue weighted by Crippen LogP contribution is 2.25. The fraction of sp³-hybridized carbons (Fsp3) is 0.625. The smallest absolute Gasteiger partial charge is 0.0342 e. The first-order valence-corrected chi connectivity index (χ1v) is 7.23. The zero-order chi connectivity index (χ0) is 14.0. The molecule has 0 aliphatic heterocycles. The van der Waals surface area contributed by atoms with Crippen molar-refractivity contribution in [2.24, 2.45) is 11.5 Å². The lowest BCUT2D eigenvalue weighted by atomic mass is 9.86. The average molecular weight is 261 g/mol. The summed E-state index contributed by atoms with van der Waals surface area (Å²) in [6.07, 6.45) is 2.96. The van der Waals surface area contributed by atoms with Gasteiger partial charge < -0.3 is 16.8 Å². The molecular formula is C16H27N3. The van der Waals surface area contributed by atoms with E-state index in [0.717, 1.165) is 19.3 Å². The van der Waals surface area contributed by atoms with E-state index in [1.807, 2.05) is 0 Å². The van der Waals surface area contributed by atoms with Crippen molar-refractivity contribution in [3.05, 3.63) is 29.8 Å². The van der Waals surface area contributed by atoms with Gasteiger partial charge in [0, 0.05) is 23.8 Å². The van der Waals surface area contributed by atoms with Crippen LogP contribution in [-0.4, -0.2) is 18.1 Å². The summed E-state index contributed by atoms with van der Waals surface area (Å²) in [5, 5.41) is 3.56. The fourth-order valence-electron chi connectivity index (χ4n) is 2.83. The second-order valence-electron chi connectivity index (χ2n) is 6.90. The molecule has 1 aliphatic rings. The molecule has 0 spiro atoms. The lowest BCUT2D eigenvalue weighted by Crippen LogP contribution is -2.44. The van der Waals surface area contributed by atoms with E-state index in [2.05, 4.69) is 50.4 Å². The SMILES string of the molecule is CC(C)(C)c1ccc(NC2C[C@@H](N)C[C@@H](N)C2)cc1. The summed E-state index contributed by atoms with van der Waals surface area (Å²) >= 11 is 0. The van der Waals surface area contributed by atoms with Gasteiger partial charge in [-0.3, -0.25) is 0 Å². The van der Waals surface area contributed by atoms with Gasteiger partial charge in [0.1, 0.15) is 0 Å². The standard InChI is InChI=1S/C16H27N3/c1-16(2,3)11-4-6-14(7-5-11)19-15-9-12(17)8-13(18)10-15/h4-7,12-13,15,19H,8-10,17-18H2,1-3H3/t12-,13+,15?. The zero-order valence-electron chi connectivity index (χ0n) is 12.3. The van der Waals surface area contributed by atoms with Crippen molar-refractivity contribution >= 4 is 5.69 Å². The Kier molecular flexibility index (Phi) is 4.16. The molecule has 106 valence electrons. The van der Waals surface area contributed by atoms with Crippen molar-refractivity contribution in [3.8, 4) is 0 Å². The third-order valence-corrected chi connectivity index (χ3v) is 3.90. The summed E-state index contributed by atoms with van der Waals surface area (Å²) in [6.45, 7) is 6.69. The van der Waals surface area contributed by atoms with Gasteiger partial charge in [-0.1, -0.05) is 32.9 Å². The molecule has 0 radical (unpaired) electrons. The minimum Gasteiger partial charge on any atom is -0.382 e. The Bertz CT molecular complexity index is 395. The van der Waals surface area contributed by atoms with Crippen molar-refractivity contribution < 1.29 is 0 Å².